The van der Waals surface area contributed by atoms with Gasteiger partial charge in [-0.15, -0.1) is 0 Å². The van der Waals surface area contributed by atoms with Crippen molar-refractivity contribution in [2.45, 2.75) is 348 Å². The molecule has 0 aliphatic heterocycles. The zero-order valence-corrected chi connectivity index (χ0v) is 41.7. The van der Waals surface area contributed by atoms with Crippen molar-refractivity contribution in [1.82, 2.24) is 4.98 Å². The zero-order valence-electron chi connectivity index (χ0n) is 41.7. The van der Waals surface area contributed by atoms with Gasteiger partial charge >= 0.3 is 0 Å². The first-order valence-corrected chi connectivity index (χ1v) is 28.3. The lowest BCUT2D eigenvalue weighted by Crippen LogP contribution is -2.41. The molecule has 0 bridgehead atoms. The minimum atomic E-state index is 0.614. The Hall–Kier alpha value is -0.790. The maximum absolute atomic E-state index is 3.81. The van der Waals surface area contributed by atoms with Gasteiger partial charge in [0.15, 0.2) is 0 Å². The molecule has 1 aromatic heterocycles. The Morgan fingerprint density at radius 2 is 0.542 bits per heavy atom. The normalized spacial score (nSPS) is 12.8. The van der Waals surface area contributed by atoms with Crippen molar-refractivity contribution in [2.24, 2.45) is 0 Å². The number of imidazole rings is 1. The molecule has 0 aliphatic rings. The lowest BCUT2D eigenvalue weighted by molar-refractivity contribution is -0.727. The van der Waals surface area contributed by atoms with Gasteiger partial charge in [-0.2, -0.15) is 0 Å². The number of hydrogen-bond acceptors (Lipinski definition) is 0. The second-order valence-electron chi connectivity index (χ2n) is 20.0. The molecule has 350 valence electrons. The van der Waals surface area contributed by atoms with Crippen LogP contribution in [-0.4, -0.2) is 4.98 Å². The van der Waals surface area contributed by atoms with Crippen LogP contribution in [0.2, 0.25) is 0 Å². The van der Waals surface area contributed by atoms with E-state index in [1.807, 2.05) is 0 Å². The first kappa shape index (κ1) is 56.2. The first-order valence-electron chi connectivity index (χ1n) is 28.3. The molecule has 1 heterocycles. The highest BCUT2D eigenvalue weighted by Gasteiger charge is 2.25. The van der Waals surface area contributed by atoms with E-state index in [0.29, 0.717) is 12.0 Å². The van der Waals surface area contributed by atoms with Crippen molar-refractivity contribution in [1.29, 1.82) is 0 Å². The first-order chi connectivity index (χ1) is 29.2. The number of aromatic nitrogens is 2. The molecule has 59 heavy (non-hydrogen) atoms. The fourth-order valence-corrected chi connectivity index (χ4v) is 9.96. The van der Waals surface area contributed by atoms with Crippen LogP contribution < -0.4 is 4.57 Å². The van der Waals surface area contributed by atoms with Crippen molar-refractivity contribution in [3.8, 4) is 0 Å². The Labute approximate surface area is 374 Å². The van der Waals surface area contributed by atoms with Crippen LogP contribution in [0.3, 0.4) is 0 Å². The quantitative estimate of drug-likeness (QED) is 0.0499. The summed E-state index contributed by atoms with van der Waals surface area (Å²) in [6.45, 7) is 9.46. The van der Waals surface area contributed by atoms with Gasteiger partial charge in [-0.3, -0.25) is 0 Å². The van der Waals surface area contributed by atoms with Crippen LogP contribution in [0.4, 0.5) is 0 Å². The zero-order chi connectivity index (χ0) is 42.4. The summed E-state index contributed by atoms with van der Waals surface area (Å²) in [7, 11) is 0. The number of rotatable bonds is 50. The molecule has 0 aliphatic carbocycles. The van der Waals surface area contributed by atoms with Gasteiger partial charge < -0.3 is 0 Å². The van der Waals surface area contributed by atoms with Gasteiger partial charge in [0, 0.05) is 0 Å². The summed E-state index contributed by atoms with van der Waals surface area (Å²) < 4.78 is 2.67. The number of H-pyrrole nitrogens is 1. The Morgan fingerprint density at radius 1 is 0.322 bits per heavy atom. The minimum absolute atomic E-state index is 0.614. The van der Waals surface area contributed by atoms with Crippen LogP contribution in [0.1, 0.15) is 354 Å². The van der Waals surface area contributed by atoms with Crippen molar-refractivity contribution < 1.29 is 4.57 Å². The maximum atomic E-state index is 3.81. The summed E-state index contributed by atoms with van der Waals surface area (Å²) in [5, 5.41) is 0. The van der Waals surface area contributed by atoms with E-state index in [1.54, 1.807) is 5.82 Å². The highest BCUT2D eigenvalue weighted by atomic mass is 15.1. The standard InChI is InChI=1S/C57H112N2/c1-5-8-11-14-17-20-23-26-28-29-31-34-37-40-43-46-49-52-56(51-48-45-42-39-36-32-25-22-19-16-13-10-7-3)57-58-53-54-59(57)55(4)50-47-44-41-38-35-33-30-27-24-21-18-15-12-9-6-2/h53-56H,5-52H2,1-4H3/p+1. The van der Waals surface area contributed by atoms with E-state index in [2.05, 4.69) is 49.6 Å². The average molecular weight is 827 g/mol. The summed E-state index contributed by atoms with van der Waals surface area (Å²) >= 11 is 0. The van der Waals surface area contributed by atoms with Gasteiger partial charge in [0.1, 0.15) is 12.4 Å². The fraction of sp³-hybridized carbons (Fsp3) is 0.947. The van der Waals surface area contributed by atoms with E-state index < -0.39 is 0 Å². The topological polar surface area (TPSA) is 19.7 Å². The van der Waals surface area contributed by atoms with E-state index in [9.17, 15) is 0 Å². The molecule has 2 unspecified atom stereocenters. The largest absolute Gasteiger partial charge is 0.257 e. The smallest absolute Gasteiger partial charge is 0.247 e. The predicted octanol–water partition coefficient (Wildman–Crippen LogP) is 20.7. The van der Waals surface area contributed by atoms with Crippen molar-refractivity contribution >= 4 is 0 Å². The van der Waals surface area contributed by atoms with Gasteiger partial charge in [0.2, 0.25) is 0 Å². The van der Waals surface area contributed by atoms with E-state index >= 15 is 0 Å². The second kappa shape index (κ2) is 46.7. The van der Waals surface area contributed by atoms with Crippen molar-refractivity contribution in [2.75, 3.05) is 0 Å². The van der Waals surface area contributed by atoms with Crippen LogP contribution in [0.5, 0.6) is 0 Å². The van der Waals surface area contributed by atoms with Gasteiger partial charge in [-0.1, -0.05) is 303 Å². The molecule has 0 saturated heterocycles. The van der Waals surface area contributed by atoms with Crippen LogP contribution >= 0.6 is 0 Å². The summed E-state index contributed by atoms with van der Waals surface area (Å²) in [6, 6.07) is 0.614. The Bertz CT molecular complexity index is 904. The fourth-order valence-electron chi connectivity index (χ4n) is 9.96. The molecule has 0 fully saturated rings. The summed E-state index contributed by atoms with van der Waals surface area (Å²) in [6.07, 6.45) is 74.0. The Morgan fingerprint density at radius 3 is 0.797 bits per heavy atom. The van der Waals surface area contributed by atoms with Crippen LogP contribution in [0.25, 0.3) is 0 Å². The summed E-state index contributed by atoms with van der Waals surface area (Å²) in [5.74, 6) is 2.26. The van der Waals surface area contributed by atoms with Gasteiger partial charge in [0.25, 0.3) is 5.82 Å². The van der Waals surface area contributed by atoms with Crippen molar-refractivity contribution in [3.63, 3.8) is 0 Å². The molecule has 2 nitrogen and oxygen atoms in total. The molecule has 0 aromatic carbocycles. The van der Waals surface area contributed by atoms with Gasteiger partial charge in [-0.25, -0.2) is 9.55 Å². The highest BCUT2D eigenvalue weighted by molar-refractivity contribution is 4.90. The SMILES string of the molecule is CCCCCCCCCCCCCCCCCCCC(CCCCCCCCCCCCCCC)c1[nH]cc[n+]1C(C)CCCCCCCCCCCCCCCCC. The molecular weight excluding hydrogens is 713 g/mol. The molecule has 2 heteroatoms. The van der Waals surface area contributed by atoms with Gasteiger partial charge in [-0.05, 0) is 32.6 Å². The monoisotopic (exact) mass is 826 g/mol. The highest BCUT2D eigenvalue weighted by Crippen LogP contribution is 2.28. The molecule has 0 radical (unpaired) electrons. The van der Waals surface area contributed by atoms with E-state index in [0.717, 1.165) is 0 Å². The Balaban J connectivity index is 2.33. The number of unbranched alkanes of at least 4 members (excludes halogenated alkanes) is 42. The number of nitrogens with one attached hydrogen (secondary N) is 1. The third-order valence-electron chi connectivity index (χ3n) is 14.1. The maximum Gasteiger partial charge on any atom is 0.257 e. The molecule has 0 saturated carbocycles. The van der Waals surface area contributed by atoms with Crippen molar-refractivity contribution in [3.05, 3.63) is 18.2 Å². The lowest BCUT2D eigenvalue weighted by atomic mass is 9.92. The van der Waals surface area contributed by atoms with Crippen LogP contribution in [0, 0.1) is 0 Å². The van der Waals surface area contributed by atoms with E-state index in [1.165, 1.54) is 308 Å². The number of nitrogens with zero attached hydrogens (tertiary/aromatic N) is 1. The Kier molecular flexibility index (Phi) is 44.5. The summed E-state index contributed by atoms with van der Waals surface area (Å²) in [4.78, 5) is 3.81. The van der Waals surface area contributed by atoms with E-state index in [-0.39, 0.29) is 0 Å². The molecule has 1 N–H and O–H groups in total. The molecule has 1 rings (SSSR count). The predicted molar refractivity (Wildman–Crippen MR) is 267 cm³/mol. The number of hydrogen-bond donors (Lipinski definition) is 1. The average Bonchev–Trinajstić information content (AvgIpc) is 3.74. The second-order valence-corrected chi connectivity index (χ2v) is 20.0. The summed E-state index contributed by atoms with van der Waals surface area (Å²) in [5.41, 5.74) is 0. The molecule has 1 aromatic rings. The molecule has 0 spiro atoms. The lowest BCUT2D eigenvalue weighted by Gasteiger charge is -2.17. The number of aromatic amines is 1. The van der Waals surface area contributed by atoms with Gasteiger partial charge in [0.05, 0.1) is 12.0 Å². The molecule has 0 amide bonds. The van der Waals surface area contributed by atoms with Crippen LogP contribution in [-0.2, 0) is 0 Å². The van der Waals surface area contributed by atoms with Crippen LogP contribution in [0.15, 0.2) is 12.4 Å². The third-order valence-corrected chi connectivity index (χ3v) is 14.1. The molecule has 2 atom stereocenters. The van der Waals surface area contributed by atoms with E-state index in [4.69, 9.17) is 0 Å². The minimum Gasteiger partial charge on any atom is -0.247 e. The third kappa shape index (κ3) is 37.5. The molecular formula is C57H113N2+.